The van der Waals surface area contributed by atoms with Gasteiger partial charge in [0.1, 0.15) is 5.75 Å². The second-order valence-corrected chi connectivity index (χ2v) is 8.25. The van der Waals surface area contributed by atoms with Gasteiger partial charge in [-0.05, 0) is 73.0 Å². The van der Waals surface area contributed by atoms with Gasteiger partial charge in [0.25, 0.3) is 5.91 Å². The number of esters is 1. The van der Waals surface area contributed by atoms with Crippen LogP contribution in [0, 0.1) is 0 Å². The van der Waals surface area contributed by atoms with E-state index in [4.69, 9.17) is 14.2 Å². The number of hydrogen-bond acceptors (Lipinski definition) is 7. The predicted octanol–water partition coefficient (Wildman–Crippen LogP) is 4.36. The van der Waals surface area contributed by atoms with Gasteiger partial charge in [0.05, 0.1) is 26.0 Å². The third kappa shape index (κ3) is 8.77. The molecule has 9 nitrogen and oxygen atoms in total. The van der Waals surface area contributed by atoms with Crippen molar-refractivity contribution in [3.63, 3.8) is 0 Å². The molecule has 2 amide bonds. The van der Waals surface area contributed by atoms with Gasteiger partial charge in [-0.25, -0.2) is 10.2 Å². The maximum Gasteiger partial charge on any atom is 0.343 e. The van der Waals surface area contributed by atoms with Crippen LogP contribution in [0.25, 0.3) is 0 Å². The fourth-order valence-electron chi connectivity index (χ4n) is 3.47. The molecule has 0 saturated heterocycles. The van der Waals surface area contributed by atoms with E-state index in [1.165, 1.54) is 20.4 Å². The summed E-state index contributed by atoms with van der Waals surface area (Å²) in [4.78, 5) is 36.4. The van der Waals surface area contributed by atoms with Gasteiger partial charge in [0.2, 0.25) is 5.91 Å². The van der Waals surface area contributed by atoms with Crippen molar-refractivity contribution in [3.8, 4) is 17.2 Å². The molecule has 0 unspecified atom stereocenters. The Morgan fingerprint density at radius 3 is 2.26 bits per heavy atom. The van der Waals surface area contributed by atoms with Crippen LogP contribution < -0.4 is 25.0 Å². The number of hydrazone groups is 1. The average molecular weight is 518 g/mol. The maximum atomic E-state index is 12.4. The topological polar surface area (TPSA) is 115 Å². The molecule has 0 heterocycles. The lowest BCUT2D eigenvalue weighted by Crippen LogP contribution is -2.24. The van der Waals surface area contributed by atoms with Crippen molar-refractivity contribution >= 4 is 24.0 Å². The highest BCUT2D eigenvalue weighted by atomic mass is 16.5. The van der Waals surface area contributed by atoms with Gasteiger partial charge >= 0.3 is 5.97 Å². The summed E-state index contributed by atoms with van der Waals surface area (Å²) in [5.41, 5.74) is 4.19. The Balaban J connectivity index is 1.33. The summed E-state index contributed by atoms with van der Waals surface area (Å²) in [5, 5.41) is 6.84. The molecule has 3 aromatic carbocycles. The van der Waals surface area contributed by atoms with E-state index in [9.17, 15) is 14.4 Å². The molecule has 0 saturated carbocycles. The van der Waals surface area contributed by atoms with Gasteiger partial charge in [0, 0.05) is 18.5 Å². The lowest BCUT2D eigenvalue weighted by molar-refractivity contribution is -0.121. The van der Waals surface area contributed by atoms with Crippen molar-refractivity contribution in [1.29, 1.82) is 0 Å². The van der Waals surface area contributed by atoms with E-state index in [1.54, 1.807) is 54.6 Å². The van der Waals surface area contributed by atoms with Crippen LogP contribution >= 0.6 is 0 Å². The highest BCUT2D eigenvalue weighted by Gasteiger charge is 2.13. The smallest absolute Gasteiger partial charge is 0.343 e. The minimum Gasteiger partial charge on any atom is -0.493 e. The summed E-state index contributed by atoms with van der Waals surface area (Å²) in [6, 6.07) is 20.5. The standard InChI is InChI=1S/C29H31N3O6/c1-36-25-17-14-23(19-26(25)37-2)29(35)38-24-15-12-21(13-16-24)20-31-32-27(33)11-7-4-8-18-30-28(34)22-9-5-3-6-10-22/h3,5-6,9-10,12-17,19-20H,4,7-8,11,18H2,1-2H3,(H,30,34)(H,32,33). The molecular weight excluding hydrogens is 486 g/mol. The van der Waals surface area contributed by atoms with E-state index in [2.05, 4.69) is 15.8 Å². The first-order valence-corrected chi connectivity index (χ1v) is 12.2. The van der Waals surface area contributed by atoms with Crippen LogP contribution in [0.4, 0.5) is 0 Å². The van der Waals surface area contributed by atoms with Crippen molar-refractivity contribution in [2.24, 2.45) is 5.10 Å². The zero-order chi connectivity index (χ0) is 27.2. The number of nitrogens with zero attached hydrogens (tertiary/aromatic N) is 1. The number of carbonyl (C=O) groups excluding carboxylic acids is 3. The maximum absolute atomic E-state index is 12.4. The first-order chi connectivity index (χ1) is 18.5. The minimum absolute atomic E-state index is 0.0956. The second kappa shape index (κ2) is 14.8. The Labute approximate surface area is 221 Å². The number of amides is 2. The van der Waals surface area contributed by atoms with Gasteiger partial charge in [-0.15, -0.1) is 0 Å². The largest absolute Gasteiger partial charge is 0.493 e. The Morgan fingerprint density at radius 2 is 1.55 bits per heavy atom. The number of unbranched alkanes of at least 4 members (excludes halogenated alkanes) is 2. The Kier molecular flexibility index (Phi) is 10.9. The Bertz CT molecular complexity index is 1240. The summed E-state index contributed by atoms with van der Waals surface area (Å²) in [7, 11) is 3.01. The van der Waals surface area contributed by atoms with Crippen LogP contribution in [0.2, 0.25) is 0 Å². The Morgan fingerprint density at radius 1 is 0.816 bits per heavy atom. The first-order valence-electron chi connectivity index (χ1n) is 12.2. The van der Waals surface area contributed by atoms with Crippen LogP contribution in [0.1, 0.15) is 52.0 Å². The van der Waals surface area contributed by atoms with E-state index in [-0.39, 0.29) is 11.8 Å². The normalized spacial score (nSPS) is 10.6. The molecule has 0 bridgehead atoms. The first kappa shape index (κ1) is 27.9. The molecule has 0 aromatic heterocycles. The highest BCUT2D eigenvalue weighted by molar-refractivity contribution is 5.94. The van der Waals surface area contributed by atoms with Gasteiger partial charge < -0.3 is 19.5 Å². The van der Waals surface area contributed by atoms with Crippen molar-refractivity contribution < 1.29 is 28.6 Å². The zero-order valence-electron chi connectivity index (χ0n) is 21.4. The van der Waals surface area contributed by atoms with E-state index in [1.807, 2.05) is 18.2 Å². The molecule has 0 aliphatic heterocycles. The van der Waals surface area contributed by atoms with Gasteiger partial charge in [-0.2, -0.15) is 5.10 Å². The summed E-state index contributed by atoms with van der Waals surface area (Å²) in [5.74, 6) is 0.508. The number of hydrogen-bond donors (Lipinski definition) is 2. The quantitative estimate of drug-likeness (QED) is 0.114. The Hall–Kier alpha value is -4.66. The van der Waals surface area contributed by atoms with Crippen molar-refractivity contribution in [1.82, 2.24) is 10.7 Å². The molecule has 3 aromatic rings. The van der Waals surface area contributed by atoms with Crippen molar-refractivity contribution in [2.75, 3.05) is 20.8 Å². The molecular formula is C29H31N3O6. The molecule has 0 atom stereocenters. The number of nitrogens with one attached hydrogen (secondary N) is 2. The molecule has 0 radical (unpaired) electrons. The summed E-state index contributed by atoms with van der Waals surface area (Å²) >= 11 is 0. The van der Waals surface area contributed by atoms with Crippen LogP contribution in [-0.4, -0.2) is 44.8 Å². The fraction of sp³-hybridized carbons (Fsp3) is 0.241. The minimum atomic E-state index is -0.529. The molecule has 3 rings (SSSR count). The van der Waals surface area contributed by atoms with Gasteiger partial charge in [-0.3, -0.25) is 9.59 Å². The third-order valence-electron chi connectivity index (χ3n) is 5.51. The van der Waals surface area contributed by atoms with Crippen LogP contribution in [0.15, 0.2) is 77.9 Å². The molecule has 198 valence electrons. The number of carbonyl (C=O) groups is 3. The second-order valence-electron chi connectivity index (χ2n) is 8.25. The van der Waals surface area contributed by atoms with E-state index in [0.29, 0.717) is 47.8 Å². The van der Waals surface area contributed by atoms with Crippen LogP contribution in [0.3, 0.4) is 0 Å². The van der Waals surface area contributed by atoms with E-state index >= 15 is 0 Å². The van der Waals surface area contributed by atoms with Crippen molar-refractivity contribution in [3.05, 3.63) is 89.5 Å². The lowest BCUT2D eigenvalue weighted by atomic mass is 10.2. The van der Waals surface area contributed by atoms with Gasteiger partial charge in [-0.1, -0.05) is 24.6 Å². The van der Waals surface area contributed by atoms with Crippen LogP contribution in [0.5, 0.6) is 17.2 Å². The monoisotopic (exact) mass is 517 g/mol. The molecule has 0 aliphatic carbocycles. The summed E-state index contributed by atoms with van der Waals surface area (Å²) in [6.45, 7) is 0.563. The zero-order valence-corrected chi connectivity index (χ0v) is 21.4. The molecule has 0 fully saturated rings. The summed E-state index contributed by atoms with van der Waals surface area (Å²) in [6.07, 6.45) is 4.16. The van der Waals surface area contributed by atoms with Crippen LogP contribution in [-0.2, 0) is 4.79 Å². The molecule has 9 heteroatoms. The number of rotatable bonds is 13. The third-order valence-corrected chi connectivity index (χ3v) is 5.51. The van der Waals surface area contributed by atoms with Crippen molar-refractivity contribution in [2.45, 2.75) is 25.7 Å². The van der Waals surface area contributed by atoms with E-state index in [0.717, 1.165) is 18.4 Å². The SMILES string of the molecule is COc1ccc(C(=O)Oc2ccc(C=NNC(=O)CCCCCNC(=O)c3ccccc3)cc2)cc1OC. The van der Waals surface area contributed by atoms with E-state index < -0.39 is 5.97 Å². The predicted molar refractivity (Wildman–Crippen MR) is 144 cm³/mol. The highest BCUT2D eigenvalue weighted by Crippen LogP contribution is 2.28. The number of benzene rings is 3. The molecule has 38 heavy (non-hydrogen) atoms. The average Bonchev–Trinajstić information content (AvgIpc) is 2.95. The number of methoxy groups -OCH3 is 2. The summed E-state index contributed by atoms with van der Waals surface area (Å²) < 4.78 is 15.8. The molecule has 2 N–H and O–H groups in total. The lowest BCUT2D eigenvalue weighted by Gasteiger charge is -2.09. The van der Waals surface area contributed by atoms with Gasteiger partial charge in [0.15, 0.2) is 11.5 Å². The molecule has 0 aliphatic rings. The molecule has 0 spiro atoms. The fourth-order valence-corrected chi connectivity index (χ4v) is 3.47. The number of ether oxygens (including phenoxy) is 3.